The molecule has 32 heavy (non-hydrogen) atoms. The van der Waals surface area contributed by atoms with E-state index in [1.54, 1.807) is 18.2 Å². The van der Waals surface area contributed by atoms with Crippen LogP contribution in [0.3, 0.4) is 0 Å². The summed E-state index contributed by atoms with van der Waals surface area (Å²) in [7, 11) is -2.33. The molecule has 1 atom stereocenters. The molecule has 0 spiro atoms. The molecule has 1 aliphatic rings. The lowest BCUT2D eigenvalue weighted by Gasteiger charge is -2.12. The number of benzene rings is 2. The van der Waals surface area contributed by atoms with Crippen molar-refractivity contribution in [3.63, 3.8) is 0 Å². The van der Waals surface area contributed by atoms with Gasteiger partial charge in [0.05, 0.1) is 12.0 Å². The Hall–Kier alpha value is -2.62. The van der Waals surface area contributed by atoms with Crippen molar-refractivity contribution in [3.8, 4) is 5.75 Å². The van der Waals surface area contributed by atoms with Gasteiger partial charge in [0.25, 0.3) is 5.91 Å². The SMILES string of the molecule is COC(=O)CCCNC(=O)COc1ccc2c(c1)CC(NS(=O)(=O)c1ccc(Cl)cc1)C2. The highest BCUT2D eigenvalue weighted by Crippen LogP contribution is 2.27. The fraction of sp³-hybridized carbons (Fsp3) is 0.364. The van der Waals surface area contributed by atoms with Crippen molar-refractivity contribution < 1.29 is 27.5 Å². The highest BCUT2D eigenvalue weighted by atomic mass is 35.5. The Morgan fingerprint density at radius 2 is 1.81 bits per heavy atom. The van der Waals surface area contributed by atoms with Crippen molar-refractivity contribution in [2.45, 2.75) is 36.6 Å². The van der Waals surface area contributed by atoms with E-state index in [2.05, 4.69) is 14.8 Å². The number of nitrogens with one attached hydrogen (secondary N) is 2. The molecule has 2 aromatic rings. The van der Waals surface area contributed by atoms with Gasteiger partial charge in [-0.2, -0.15) is 0 Å². The molecule has 0 radical (unpaired) electrons. The van der Waals surface area contributed by atoms with Gasteiger partial charge in [0.2, 0.25) is 10.0 Å². The smallest absolute Gasteiger partial charge is 0.305 e. The third-order valence-corrected chi connectivity index (χ3v) is 6.82. The van der Waals surface area contributed by atoms with Crippen LogP contribution in [0.5, 0.6) is 5.75 Å². The minimum absolute atomic E-state index is 0.149. The number of hydrogen-bond acceptors (Lipinski definition) is 6. The van der Waals surface area contributed by atoms with E-state index in [0.29, 0.717) is 36.6 Å². The second-order valence-corrected chi connectivity index (χ2v) is 9.58. The normalized spacial score (nSPS) is 15.1. The Bertz CT molecular complexity index is 1070. The van der Waals surface area contributed by atoms with Gasteiger partial charge in [-0.3, -0.25) is 9.59 Å². The Morgan fingerprint density at radius 3 is 2.53 bits per heavy atom. The fourth-order valence-electron chi connectivity index (χ4n) is 3.43. The molecule has 2 N–H and O–H groups in total. The number of methoxy groups -OCH3 is 1. The molecular weight excluding hydrogens is 456 g/mol. The van der Waals surface area contributed by atoms with Gasteiger partial charge < -0.3 is 14.8 Å². The Kier molecular flexibility index (Phi) is 8.11. The van der Waals surface area contributed by atoms with Crippen molar-refractivity contribution in [1.82, 2.24) is 10.0 Å². The molecule has 172 valence electrons. The minimum Gasteiger partial charge on any atom is -0.484 e. The number of carbonyl (C=O) groups is 2. The molecule has 1 amide bonds. The minimum atomic E-state index is -3.65. The predicted octanol–water partition coefficient (Wildman–Crippen LogP) is 2.23. The molecule has 0 saturated heterocycles. The van der Waals surface area contributed by atoms with Crippen molar-refractivity contribution in [3.05, 3.63) is 58.6 Å². The summed E-state index contributed by atoms with van der Waals surface area (Å²) in [6.07, 6.45) is 1.83. The van der Waals surface area contributed by atoms with E-state index in [0.717, 1.165) is 11.1 Å². The molecule has 10 heteroatoms. The van der Waals surface area contributed by atoms with E-state index in [-0.39, 0.29) is 35.8 Å². The van der Waals surface area contributed by atoms with Gasteiger partial charge in [0, 0.05) is 24.0 Å². The summed E-state index contributed by atoms with van der Waals surface area (Å²) < 4.78 is 38.1. The second kappa shape index (κ2) is 10.8. The molecule has 2 aromatic carbocycles. The molecule has 0 aliphatic heterocycles. The van der Waals surface area contributed by atoms with Crippen LogP contribution in [0, 0.1) is 0 Å². The zero-order chi connectivity index (χ0) is 23.1. The van der Waals surface area contributed by atoms with E-state index in [4.69, 9.17) is 16.3 Å². The highest BCUT2D eigenvalue weighted by Gasteiger charge is 2.27. The molecule has 0 bridgehead atoms. The first-order chi connectivity index (χ1) is 15.3. The van der Waals surface area contributed by atoms with Crippen LogP contribution in [0.2, 0.25) is 5.02 Å². The number of fused-ring (bicyclic) bond motifs is 1. The van der Waals surface area contributed by atoms with Crippen LogP contribution in [0.25, 0.3) is 0 Å². The number of amides is 1. The maximum absolute atomic E-state index is 12.6. The number of esters is 1. The van der Waals surface area contributed by atoms with Crippen LogP contribution in [0.4, 0.5) is 0 Å². The first kappa shape index (κ1) is 24.0. The van der Waals surface area contributed by atoms with Gasteiger partial charge in [0.1, 0.15) is 5.75 Å². The Labute approximate surface area is 192 Å². The molecule has 0 saturated carbocycles. The lowest BCUT2D eigenvalue weighted by atomic mass is 10.1. The first-order valence-corrected chi connectivity index (χ1v) is 12.0. The highest BCUT2D eigenvalue weighted by molar-refractivity contribution is 7.89. The van der Waals surface area contributed by atoms with Gasteiger partial charge in [-0.1, -0.05) is 17.7 Å². The lowest BCUT2D eigenvalue weighted by molar-refractivity contribution is -0.140. The van der Waals surface area contributed by atoms with Gasteiger partial charge in [0.15, 0.2) is 6.61 Å². The largest absolute Gasteiger partial charge is 0.484 e. The summed E-state index contributed by atoms with van der Waals surface area (Å²) in [5.41, 5.74) is 2.01. The van der Waals surface area contributed by atoms with Gasteiger partial charge >= 0.3 is 5.97 Å². The average molecular weight is 481 g/mol. The molecule has 0 fully saturated rings. The molecule has 3 rings (SSSR count). The molecule has 0 heterocycles. The van der Waals surface area contributed by atoms with E-state index in [1.165, 1.54) is 19.2 Å². The summed E-state index contributed by atoms with van der Waals surface area (Å²) >= 11 is 5.83. The van der Waals surface area contributed by atoms with E-state index < -0.39 is 10.0 Å². The number of sulfonamides is 1. The fourth-order valence-corrected chi connectivity index (χ4v) is 4.79. The van der Waals surface area contributed by atoms with E-state index in [9.17, 15) is 18.0 Å². The number of carbonyl (C=O) groups excluding carboxylic acids is 2. The summed E-state index contributed by atoms with van der Waals surface area (Å²) in [5.74, 6) is -0.0685. The van der Waals surface area contributed by atoms with Crippen molar-refractivity contribution in [2.75, 3.05) is 20.3 Å². The van der Waals surface area contributed by atoms with Gasteiger partial charge in [-0.25, -0.2) is 13.1 Å². The number of hydrogen-bond donors (Lipinski definition) is 2. The molecular formula is C22H25ClN2O6S. The quantitative estimate of drug-likeness (QED) is 0.398. The van der Waals surface area contributed by atoms with Gasteiger partial charge in [-0.15, -0.1) is 0 Å². The van der Waals surface area contributed by atoms with Crippen LogP contribution >= 0.6 is 11.6 Å². The average Bonchev–Trinajstić information content (AvgIpc) is 3.16. The summed E-state index contributed by atoms with van der Waals surface area (Å²) in [5, 5.41) is 3.15. The van der Waals surface area contributed by atoms with Crippen molar-refractivity contribution >= 4 is 33.5 Å². The topological polar surface area (TPSA) is 111 Å². The maximum atomic E-state index is 12.6. The maximum Gasteiger partial charge on any atom is 0.305 e. The standard InChI is InChI=1S/C22H25ClN2O6S/c1-30-22(27)3-2-10-24-21(26)14-31-19-7-4-15-11-18(12-16(15)13-19)25-32(28,29)20-8-5-17(23)6-9-20/h4-9,13,18,25H,2-3,10-12,14H2,1H3,(H,24,26). The summed E-state index contributed by atoms with van der Waals surface area (Å²) in [6.45, 7) is 0.209. The summed E-state index contributed by atoms with van der Waals surface area (Å²) in [4.78, 5) is 23.1. The van der Waals surface area contributed by atoms with Crippen LogP contribution < -0.4 is 14.8 Å². The van der Waals surface area contributed by atoms with Crippen molar-refractivity contribution in [1.29, 1.82) is 0 Å². The van der Waals surface area contributed by atoms with Crippen LogP contribution in [0.15, 0.2) is 47.4 Å². The molecule has 1 unspecified atom stereocenters. The zero-order valence-electron chi connectivity index (χ0n) is 17.6. The molecule has 8 nitrogen and oxygen atoms in total. The van der Waals surface area contributed by atoms with Crippen LogP contribution in [-0.4, -0.2) is 46.6 Å². The first-order valence-electron chi connectivity index (χ1n) is 10.1. The zero-order valence-corrected chi connectivity index (χ0v) is 19.2. The predicted molar refractivity (Wildman–Crippen MR) is 119 cm³/mol. The van der Waals surface area contributed by atoms with Crippen LogP contribution in [0.1, 0.15) is 24.0 Å². The third kappa shape index (κ3) is 6.69. The van der Waals surface area contributed by atoms with E-state index in [1.807, 2.05) is 12.1 Å². The third-order valence-electron chi connectivity index (χ3n) is 5.03. The second-order valence-electron chi connectivity index (χ2n) is 7.43. The van der Waals surface area contributed by atoms with Crippen LogP contribution in [-0.2, 0) is 37.2 Å². The lowest BCUT2D eigenvalue weighted by Crippen LogP contribution is -2.35. The van der Waals surface area contributed by atoms with E-state index >= 15 is 0 Å². The molecule has 0 aromatic heterocycles. The number of ether oxygens (including phenoxy) is 2. The molecule has 1 aliphatic carbocycles. The number of halogens is 1. The summed E-state index contributed by atoms with van der Waals surface area (Å²) in [6, 6.07) is 11.2. The van der Waals surface area contributed by atoms with Gasteiger partial charge in [-0.05, 0) is 66.8 Å². The Morgan fingerprint density at radius 1 is 1.09 bits per heavy atom. The monoisotopic (exact) mass is 480 g/mol. The van der Waals surface area contributed by atoms with Crippen molar-refractivity contribution in [2.24, 2.45) is 0 Å². The Balaban J connectivity index is 1.48. The number of rotatable bonds is 10.